The number of benzene rings is 3. The van der Waals surface area contributed by atoms with Gasteiger partial charge >= 0.3 is 0 Å². The summed E-state index contributed by atoms with van der Waals surface area (Å²) in [6.45, 7) is 0. The number of halogens is 2. The third-order valence-corrected chi connectivity index (χ3v) is 3.96. The Morgan fingerprint density at radius 1 is 0.852 bits per heavy atom. The van der Waals surface area contributed by atoms with Crippen LogP contribution in [0.25, 0.3) is 17.2 Å². The summed E-state index contributed by atoms with van der Waals surface area (Å²) in [5, 5.41) is 2.62. The van der Waals surface area contributed by atoms with Crippen molar-refractivity contribution in [2.75, 3.05) is 16.8 Å². The second-order valence-corrected chi connectivity index (χ2v) is 5.88. The molecule has 0 saturated carbocycles. The van der Waals surface area contributed by atoms with Crippen molar-refractivity contribution in [1.29, 1.82) is 0 Å². The first-order chi connectivity index (χ1) is 12.9. The third-order valence-electron chi connectivity index (χ3n) is 3.96. The lowest BCUT2D eigenvalue weighted by molar-refractivity contribution is -0.111. The molecule has 0 aliphatic carbocycles. The van der Waals surface area contributed by atoms with Crippen LogP contribution in [0.1, 0.15) is 5.56 Å². The van der Waals surface area contributed by atoms with E-state index in [9.17, 15) is 13.6 Å². The Balaban J connectivity index is 1.82. The Morgan fingerprint density at radius 2 is 1.56 bits per heavy atom. The fourth-order valence-electron chi connectivity index (χ4n) is 2.51. The Kier molecular flexibility index (Phi) is 5.17. The van der Waals surface area contributed by atoms with Crippen LogP contribution in [0.5, 0.6) is 0 Å². The average molecular weight is 365 g/mol. The summed E-state index contributed by atoms with van der Waals surface area (Å²) in [6, 6.07) is 15.5. The molecule has 0 radical (unpaired) electrons. The van der Waals surface area contributed by atoms with Crippen molar-refractivity contribution in [2.45, 2.75) is 0 Å². The molecule has 0 aliphatic heterocycles. The highest BCUT2D eigenvalue weighted by molar-refractivity contribution is 6.03. The average Bonchev–Trinajstić information content (AvgIpc) is 2.65. The van der Waals surface area contributed by atoms with Gasteiger partial charge in [0.1, 0.15) is 11.6 Å². The van der Waals surface area contributed by atoms with Crippen LogP contribution in [0.15, 0.2) is 66.7 Å². The Morgan fingerprint density at radius 3 is 2.30 bits per heavy atom. The second kappa shape index (κ2) is 7.70. The van der Waals surface area contributed by atoms with Crippen LogP contribution >= 0.6 is 0 Å². The predicted octanol–water partition coefficient (Wildman–Crippen LogP) is 4.45. The van der Waals surface area contributed by atoms with Crippen molar-refractivity contribution in [1.82, 2.24) is 0 Å². The largest absolute Gasteiger partial charge is 0.397 e. The highest BCUT2D eigenvalue weighted by Crippen LogP contribution is 2.25. The SMILES string of the molecule is Nc1ccc(-c2ccc(F)c(/C=C/C(=O)Nc3ccccc3N)c2)cc1F. The first kappa shape index (κ1) is 18.1. The summed E-state index contributed by atoms with van der Waals surface area (Å²) < 4.78 is 27.7. The lowest BCUT2D eigenvalue weighted by Crippen LogP contribution is -2.09. The summed E-state index contributed by atoms with van der Waals surface area (Å²) in [5.74, 6) is -1.50. The van der Waals surface area contributed by atoms with Gasteiger partial charge in [-0.15, -0.1) is 0 Å². The molecular weight excluding hydrogens is 348 g/mol. The molecule has 5 N–H and O–H groups in total. The van der Waals surface area contributed by atoms with Crippen molar-refractivity contribution in [3.05, 3.63) is 83.9 Å². The third kappa shape index (κ3) is 4.30. The lowest BCUT2D eigenvalue weighted by Gasteiger charge is -2.07. The van der Waals surface area contributed by atoms with E-state index in [4.69, 9.17) is 11.5 Å². The maximum absolute atomic E-state index is 14.1. The molecule has 0 spiro atoms. The quantitative estimate of drug-likeness (QED) is 0.472. The minimum atomic E-state index is -0.547. The number of amides is 1. The van der Waals surface area contributed by atoms with E-state index in [1.807, 2.05) is 0 Å². The van der Waals surface area contributed by atoms with Gasteiger partial charge in [0.25, 0.3) is 0 Å². The topological polar surface area (TPSA) is 81.1 Å². The van der Waals surface area contributed by atoms with Gasteiger partial charge < -0.3 is 16.8 Å². The molecule has 0 aliphatic rings. The molecule has 27 heavy (non-hydrogen) atoms. The number of hydrogen-bond donors (Lipinski definition) is 3. The minimum Gasteiger partial charge on any atom is -0.397 e. The number of nitrogens with one attached hydrogen (secondary N) is 1. The van der Waals surface area contributed by atoms with Crippen LogP contribution < -0.4 is 16.8 Å². The molecular formula is C21H17F2N3O. The zero-order valence-electron chi connectivity index (χ0n) is 14.2. The molecule has 0 bridgehead atoms. The van der Waals surface area contributed by atoms with Gasteiger partial charge in [-0.05, 0) is 53.6 Å². The Labute approximate surface area is 155 Å². The minimum absolute atomic E-state index is 0.0397. The lowest BCUT2D eigenvalue weighted by atomic mass is 10.0. The Bertz CT molecular complexity index is 1030. The fourth-order valence-corrected chi connectivity index (χ4v) is 2.51. The molecule has 4 nitrogen and oxygen atoms in total. The summed E-state index contributed by atoms with van der Waals surface area (Å²) in [6.07, 6.45) is 2.55. The van der Waals surface area contributed by atoms with Crippen LogP contribution in [0, 0.1) is 11.6 Å². The van der Waals surface area contributed by atoms with E-state index in [1.54, 1.807) is 30.3 Å². The number of carbonyl (C=O) groups is 1. The van der Waals surface area contributed by atoms with Crippen LogP contribution in [-0.2, 0) is 4.79 Å². The maximum Gasteiger partial charge on any atom is 0.248 e. The summed E-state index contributed by atoms with van der Waals surface area (Å²) in [7, 11) is 0. The first-order valence-electron chi connectivity index (χ1n) is 8.12. The van der Waals surface area contributed by atoms with E-state index in [0.29, 0.717) is 22.5 Å². The molecule has 1 amide bonds. The van der Waals surface area contributed by atoms with Gasteiger partial charge in [-0.2, -0.15) is 0 Å². The molecule has 0 heterocycles. The highest BCUT2D eigenvalue weighted by Gasteiger charge is 2.07. The van der Waals surface area contributed by atoms with Gasteiger partial charge in [0.05, 0.1) is 17.1 Å². The van der Waals surface area contributed by atoms with E-state index in [2.05, 4.69) is 5.32 Å². The van der Waals surface area contributed by atoms with Crippen LogP contribution in [-0.4, -0.2) is 5.91 Å². The standard InChI is InChI=1S/C21H17F2N3O/c22-16-8-5-13(14-6-9-18(24)17(23)12-14)11-15(16)7-10-21(27)26-20-4-2-1-3-19(20)25/h1-12H,24-25H2,(H,26,27)/b10-7+. The van der Waals surface area contributed by atoms with E-state index in [-0.39, 0.29) is 11.3 Å². The number of para-hydroxylation sites is 2. The van der Waals surface area contributed by atoms with Crippen LogP contribution in [0.2, 0.25) is 0 Å². The van der Waals surface area contributed by atoms with E-state index >= 15 is 0 Å². The molecule has 0 unspecified atom stereocenters. The molecule has 3 aromatic carbocycles. The summed E-state index contributed by atoms with van der Waals surface area (Å²) in [4.78, 5) is 12.0. The molecule has 0 aromatic heterocycles. The van der Waals surface area contributed by atoms with Crippen molar-refractivity contribution in [2.24, 2.45) is 0 Å². The fraction of sp³-hybridized carbons (Fsp3) is 0. The van der Waals surface area contributed by atoms with Crippen molar-refractivity contribution >= 4 is 29.0 Å². The summed E-state index contributed by atoms with van der Waals surface area (Å²) in [5.41, 5.74) is 13.5. The molecule has 136 valence electrons. The van der Waals surface area contributed by atoms with Gasteiger partial charge in [-0.1, -0.05) is 24.3 Å². The van der Waals surface area contributed by atoms with Crippen molar-refractivity contribution < 1.29 is 13.6 Å². The van der Waals surface area contributed by atoms with E-state index in [0.717, 1.165) is 0 Å². The van der Waals surface area contributed by atoms with Crippen molar-refractivity contribution in [3.8, 4) is 11.1 Å². The Hall–Kier alpha value is -3.67. The molecule has 3 rings (SSSR count). The number of nitrogen functional groups attached to an aromatic ring is 2. The monoisotopic (exact) mass is 365 g/mol. The second-order valence-electron chi connectivity index (χ2n) is 5.88. The maximum atomic E-state index is 14.1. The number of hydrogen-bond acceptors (Lipinski definition) is 3. The van der Waals surface area contributed by atoms with E-state index < -0.39 is 17.5 Å². The number of nitrogens with two attached hydrogens (primary N) is 2. The predicted molar refractivity (Wildman–Crippen MR) is 105 cm³/mol. The first-order valence-corrected chi connectivity index (χ1v) is 8.12. The molecule has 0 saturated heterocycles. The number of carbonyl (C=O) groups excluding carboxylic acids is 1. The summed E-state index contributed by atoms with van der Waals surface area (Å²) >= 11 is 0. The zero-order chi connectivity index (χ0) is 19.4. The van der Waals surface area contributed by atoms with Crippen molar-refractivity contribution in [3.63, 3.8) is 0 Å². The normalized spacial score (nSPS) is 10.9. The zero-order valence-corrected chi connectivity index (χ0v) is 14.2. The van der Waals surface area contributed by atoms with Gasteiger partial charge in [0.2, 0.25) is 5.91 Å². The molecule has 3 aromatic rings. The highest BCUT2D eigenvalue weighted by atomic mass is 19.1. The van der Waals surface area contributed by atoms with E-state index in [1.165, 1.54) is 42.5 Å². The van der Waals surface area contributed by atoms with Crippen LogP contribution in [0.4, 0.5) is 25.8 Å². The molecule has 6 heteroatoms. The van der Waals surface area contributed by atoms with Gasteiger partial charge in [-0.25, -0.2) is 8.78 Å². The van der Waals surface area contributed by atoms with Crippen LogP contribution in [0.3, 0.4) is 0 Å². The van der Waals surface area contributed by atoms with Gasteiger partial charge in [0.15, 0.2) is 0 Å². The molecule has 0 atom stereocenters. The number of anilines is 3. The smallest absolute Gasteiger partial charge is 0.248 e. The molecule has 0 fully saturated rings. The van der Waals surface area contributed by atoms with Gasteiger partial charge in [0, 0.05) is 11.6 Å². The van der Waals surface area contributed by atoms with Gasteiger partial charge in [-0.3, -0.25) is 4.79 Å². The number of rotatable bonds is 4.